The van der Waals surface area contributed by atoms with Crippen molar-refractivity contribution in [3.63, 3.8) is 0 Å². The van der Waals surface area contributed by atoms with Crippen LogP contribution < -0.4 is 0 Å². The maximum absolute atomic E-state index is 11.3. The average Bonchev–Trinajstić information content (AvgIpc) is 2.87. The second-order valence-corrected chi connectivity index (χ2v) is 4.50. The van der Waals surface area contributed by atoms with E-state index in [0.29, 0.717) is 5.57 Å². The van der Waals surface area contributed by atoms with Gasteiger partial charge in [-0.1, -0.05) is 12.2 Å². The summed E-state index contributed by atoms with van der Waals surface area (Å²) in [5, 5.41) is 19.2. The van der Waals surface area contributed by atoms with Crippen molar-refractivity contribution in [3.8, 4) is 0 Å². The summed E-state index contributed by atoms with van der Waals surface area (Å²) in [5.74, 6) is -0.110. The molecule has 0 unspecified atom stereocenters. The van der Waals surface area contributed by atoms with Gasteiger partial charge in [0.1, 0.15) is 18.3 Å². The van der Waals surface area contributed by atoms with Gasteiger partial charge in [-0.25, -0.2) is 0 Å². The summed E-state index contributed by atoms with van der Waals surface area (Å²) in [6.07, 6.45) is 2.90. The molecule has 1 heterocycles. The molecule has 2 N–H and O–H groups in total. The van der Waals surface area contributed by atoms with E-state index in [9.17, 15) is 15.0 Å². The molecule has 3 atom stereocenters. The number of hydrogen-bond acceptors (Lipinski definition) is 4. The van der Waals surface area contributed by atoms with Gasteiger partial charge in [-0.15, -0.1) is 0 Å². The number of ether oxygens (including phenoxy) is 1. The predicted octanol–water partition coefficient (Wildman–Crippen LogP) is -0.0491. The van der Waals surface area contributed by atoms with Gasteiger partial charge in [0.2, 0.25) is 0 Å². The Labute approximate surface area is 87.9 Å². The van der Waals surface area contributed by atoms with Crippen LogP contribution in [0.15, 0.2) is 23.8 Å². The molecule has 1 fully saturated rings. The molecule has 2 aliphatic rings. The van der Waals surface area contributed by atoms with E-state index >= 15 is 0 Å². The monoisotopic (exact) mass is 210 g/mol. The zero-order chi connectivity index (χ0) is 11.2. The summed E-state index contributed by atoms with van der Waals surface area (Å²) in [6, 6.07) is 0. The van der Waals surface area contributed by atoms with Crippen LogP contribution in [0.4, 0.5) is 0 Å². The van der Waals surface area contributed by atoms with Gasteiger partial charge in [0.25, 0.3) is 0 Å². The summed E-state index contributed by atoms with van der Waals surface area (Å²) in [7, 11) is 0. The fraction of sp³-hybridized carbons (Fsp3) is 0.545. The summed E-state index contributed by atoms with van der Waals surface area (Å²) in [5.41, 5.74) is -0.453. The van der Waals surface area contributed by atoms with Crippen molar-refractivity contribution in [2.24, 2.45) is 0 Å². The van der Waals surface area contributed by atoms with Gasteiger partial charge in [-0.3, -0.25) is 4.79 Å². The Kier molecular flexibility index (Phi) is 2.30. The Morgan fingerprint density at radius 3 is 2.80 bits per heavy atom. The van der Waals surface area contributed by atoms with Crippen LogP contribution in [-0.2, 0) is 9.53 Å². The normalized spacial score (nSPS) is 35.3. The third kappa shape index (κ3) is 2.17. The van der Waals surface area contributed by atoms with Crippen LogP contribution in [0.3, 0.4) is 0 Å². The Morgan fingerprint density at radius 2 is 2.20 bits per heavy atom. The molecule has 2 rings (SSSR count). The van der Waals surface area contributed by atoms with Gasteiger partial charge in [-0.05, 0) is 25.5 Å². The second kappa shape index (κ2) is 3.27. The van der Waals surface area contributed by atoms with E-state index in [2.05, 4.69) is 0 Å². The molecular weight excluding hydrogens is 196 g/mol. The maximum Gasteiger partial charge on any atom is 0.187 e. The molecule has 0 bridgehead atoms. The molecule has 4 nitrogen and oxygen atoms in total. The number of ketones is 1. The Morgan fingerprint density at radius 1 is 1.53 bits per heavy atom. The first-order chi connectivity index (χ1) is 6.88. The predicted molar refractivity (Wildman–Crippen MR) is 53.2 cm³/mol. The molecule has 0 amide bonds. The molecule has 82 valence electrons. The number of rotatable bonds is 2. The molecule has 4 heteroatoms. The molecule has 0 radical (unpaired) electrons. The first-order valence-corrected chi connectivity index (χ1v) is 4.89. The zero-order valence-corrected chi connectivity index (χ0v) is 8.68. The molecule has 15 heavy (non-hydrogen) atoms. The Bertz CT molecular complexity index is 348. The van der Waals surface area contributed by atoms with Gasteiger partial charge >= 0.3 is 0 Å². The van der Waals surface area contributed by atoms with Crippen LogP contribution in [0.2, 0.25) is 0 Å². The highest BCUT2D eigenvalue weighted by Crippen LogP contribution is 2.34. The quantitative estimate of drug-likeness (QED) is 0.627. The smallest absolute Gasteiger partial charge is 0.187 e. The minimum Gasteiger partial charge on any atom is -0.386 e. The molecular formula is C11H14O4. The summed E-state index contributed by atoms with van der Waals surface area (Å²) in [4.78, 5) is 11.3. The zero-order valence-electron chi connectivity index (χ0n) is 8.68. The molecule has 0 aromatic rings. The summed E-state index contributed by atoms with van der Waals surface area (Å²) in [6.45, 7) is 3.25. The van der Waals surface area contributed by atoms with Crippen molar-refractivity contribution >= 4 is 5.78 Å². The third-order valence-corrected chi connectivity index (χ3v) is 2.45. The number of carbonyl (C=O) groups is 1. The molecule has 0 aromatic carbocycles. The fourth-order valence-electron chi connectivity index (χ4n) is 1.56. The maximum atomic E-state index is 11.3. The van der Waals surface area contributed by atoms with E-state index in [4.69, 9.17) is 4.74 Å². The van der Waals surface area contributed by atoms with E-state index in [0.717, 1.165) is 0 Å². The van der Waals surface area contributed by atoms with Crippen molar-refractivity contribution in [2.45, 2.75) is 37.8 Å². The number of carbonyl (C=O) groups excluding carboxylic acids is 1. The van der Waals surface area contributed by atoms with Crippen molar-refractivity contribution in [2.75, 3.05) is 0 Å². The number of aliphatic hydroxyl groups is 2. The van der Waals surface area contributed by atoms with E-state index in [-0.39, 0.29) is 11.9 Å². The van der Waals surface area contributed by atoms with Crippen molar-refractivity contribution < 1.29 is 19.7 Å². The van der Waals surface area contributed by atoms with Crippen LogP contribution in [0.25, 0.3) is 0 Å². The van der Waals surface area contributed by atoms with Crippen molar-refractivity contribution in [3.05, 3.63) is 23.8 Å². The van der Waals surface area contributed by atoms with Crippen LogP contribution in [0.5, 0.6) is 0 Å². The van der Waals surface area contributed by atoms with Gasteiger partial charge in [-0.2, -0.15) is 0 Å². The third-order valence-electron chi connectivity index (χ3n) is 2.45. The number of aliphatic hydroxyl groups excluding tert-OH is 1. The molecule has 1 aliphatic carbocycles. The van der Waals surface area contributed by atoms with Crippen LogP contribution in [0, 0.1) is 0 Å². The van der Waals surface area contributed by atoms with E-state index in [1.807, 2.05) is 0 Å². The van der Waals surface area contributed by atoms with Gasteiger partial charge in [0.05, 0.1) is 5.60 Å². The molecule has 0 spiro atoms. The SMILES string of the molecule is CC(C)(O)/C=C/C1=CC(=O)[C@@H]2O[C@@H]2[C@H]1O. The second-order valence-electron chi connectivity index (χ2n) is 4.50. The lowest BCUT2D eigenvalue weighted by atomic mass is 9.94. The standard InChI is InChI=1S/C11H14O4/c1-11(2,14)4-3-6-5-7(12)9-10(15-9)8(6)13/h3-5,8-10,13-14H,1-2H3/b4-3+/t8-,9-,10+/m0/s1. The largest absolute Gasteiger partial charge is 0.386 e. The first-order valence-electron chi connectivity index (χ1n) is 4.89. The minimum absolute atomic E-state index is 0.110. The number of epoxide rings is 1. The van der Waals surface area contributed by atoms with E-state index < -0.39 is 17.8 Å². The minimum atomic E-state index is -0.954. The number of hydrogen-bond donors (Lipinski definition) is 2. The Hall–Kier alpha value is -0.970. The fourth-order valence-corrected chi connectivity index (χ4v) is 1.56. The molecule has 1 aliphatic heterocycles. The van der Waals surface area contributed by atoms with Gasteiger partial charge in [0, 0.05) is 0 Å². The number of fused-ring (bicyclic) bond motifs is 1. The summed E-state index contributed by atoms with van der Waals surface area (Å²) >= 11 is 0. The van der Waals surface area contributed by atoms with Gasteiger partial charge < -0.3 is 14.9 Å². The average molecular weight is 210 g/mol. The Balaban J connectivity index is 2.15. The lowest BCUT2D eigenvalue weighted by Gasteiger charge is -2.15. The van der Waals surface area contributed by atoms with Crippen LogP contribution in [-0.4, -0.2) is 39.9 Å². The van der Waals surface area contributed by atoms with Gasteiger partial charge in [0.15, 0.2) is 5.78 Å². The van der Waals surface area contributed by atoms with Crippen LogP contribution >= 0.6 is 0 Å². The highest BCUT2D eigenvalue weighted by molar-refractivity contribution is 5.98. The van der Waals surface area contributed by atoms with Crippen molar-refractivity contribution in [1.29, 1.82) is 0 Å². The highest BCUT2D eigenvalue weighted by atomic mass is 16.6. The van der Waals surface area contributed by atoms with Crippen molar-refractivity contribution in [1.82, 2.24) is 0 Å². The topological polar surface area (TPSA) is 70.1 Å². The van der Waals surface area contributed by atoms with E-state index in [1.165, 1.54) is 12.2 Å². The molecule has 1 saturated heterocycles. The van der Waals surface area contributed by atoms with Crippen LogP contribution in [0.1, 0.15) is 13.8 Å². The molecule has 0 saturated carbocycles. The first kappa shape index (κ1) is 10.5. The van der Waals surface area contributed by atoms with E-state index in [1.54, 1.807) is 19.9 Å². The molecule has 0 aromatic heterocycles. The lowest BCUT2D eigenvalue weighted by Crippen LogP contribution is -2.27. The lowest BCUT2D eigenvalue weighted by molar-refractivity contribution is -0.116. The highest BCUT2D eigenvalue weighted by Gasteiger charge is 2.52. The summed E-state index contributed by atoms with van der Waals surface area (Å²) < 4.78 is 5.02.